The lowest BCUT2D eigenvalue weighted by Crippen LogP contribution is -2.51. The van der Waals surface area contributed by atoms with Gasteiger partial charge in [-0.2, -0.15) is 0 Å². The molecule has 0 unspecified atom stereocenters. The van der Waals surface area contributed by atoms with E-state index >= 15 is 0 Å². The molecule has 2 aromatic carbocycles. The van der Waals surface area contributed by atoms with Crippen molar-refractivity contribution in [2.45, 2.75) is 24.9 Å². The molecule has 1 saturated carbocycles. The van der Waals surface area contributed by atoms with Crippen molar-refractivity contribution in [3.63, 3.8) is 0 Å². The molecule has 5 nitrogen and oxygen atoms in total. The lowest BCUT2D eigenvalue weighted by atomic mass is 10.0. The van der Waals surface area contributed by atoms with E-state index in [1.807, 2.05) is 30.3 Å². The first-order valence-corrected chi connectivity index (χ1v) is 9.73. The molecule has 1 aliphatic carbocycles. The van der Waals surface area contributed by atoms with Gasteiger partial charge in [0.05, 0.1) is 7.11 Å². The molecule has 2 fully saturated rings. The zero-order valence-corrected chi connectivity index (χ0v) is 15.8. The zero-order valence-electron chi connectivity index (χ0n) is 15.8. The second-order valence-corrected chi connectivity index (χ2v) is 7.32. The molecule has 142 valence electrons. The molecule has 0 aromatic heterocycles. The van der Waals surface area contributed by atoms with Crippen LogP contribution in [0.4, 0.5) is 5.69 Å². The van der Waals surface area contributed by atoms with E-state index in [0.29, 0.717) is 6.04 Å². The number of anilines is 1. The summed E-state index contributed by atoms with van der Waals surface area (Å²) >= 11 is 0. The summed E-state index contributed by atoms with van der Waals surface area (Å²) in [5.41, 5.74) is 2.28. The number of rotatable bonds is 6. The zero-order chi connectivity index (χ0) is 18.6. The van der Waals surface area contributed by atoms with Gasteiger partial charge in [0.1, 0.15) is 11.8 Å². The van der Waals surface area contributed by atoms with Crippen molar-refractivity contribution in [2.75, 3.05) is 38.2 Å². The Bertz CT molecular complexity index is 751. The molecule has 2 aliphatic rings. The van der Waals surface area contributed by atoms with Crippen LogP contribution in [0.5, 0.6) is 5.75 Å². The summed E-state index contributed by atoms with van der Waals surface area (Å²) in [6.45, 7) is 3.55. The summed E-state index contributed by atoms with van der Waals surface area (Å²) < 4.78 is 5.25. The minimum atomic E-state index is -0.204. The number of nitrogens with zero attached hydrogens (tertiary/aromatic N) is 2. The second-order valence-electron chi connectivity index (χ2n) is 7.32. The van der Waals surface area contributed by atoms with Gasteiger partial charge in [-0.3, -0.25) is 9.69 Å². The van der Waals surface area contributed by atoms with Crippen LogP contribution in [0.3, 0.4) is 0 Å². The standard InChI is InChI=1S/C22H27N3O2/c1-27-20-11-9-19(10-12-20)24-13-15-25(16-14-24)21(17-5-3-2-4-6-17)22(26)23-18-7-8-18/h2-6,9-12,18,21H,7-8,13-16H2,1H3,(H,23,26)/t21-/m0/s1. The SMILES string of the molecule is COc1ccc(N2CCN([C@H](C(=O)NC3CC3)c3ccccc3)CC2)cc1. The Morgan fingerprint density at radius 2 is 1.67 bits per heavy atom. The quantitative estimate of drug-likeness (QED) is 0.855. The molecule has 1 atom stereocenters. The molecule has 0 radical (unpaired) electrons. The molecule has 27 heavy (non-hydrogen) atoms. The van der Waals surface area contributed by atoms with Crippen LogP contribution < -0.4 is 15.0 Å². The largest absolute Gasteiger partial charge is 0.497 e. The molecule has 0 spiro atoms. The van der Waals surface area contributed by atoms with E-state index in [2.05, 4.69) is 39.4 Å². The maximum absolute atomic E-state index is 12.9. The summed E-state index contributed by atoms with van der Waals surface area (Å²) in [4.78, 5) is 17.6. The number of ether oxygens (including phenoxy) is 1. The number of piperazine rings is 1. The predicted molar refractivity (Wildman–Crippen MR) is 107 cm³/mol. The van der Waals surface area contributed by atoms with Gasteiger partial charge < -0.3 is 15.0 Å². The van der Waals surface area contributed by atoms with Gasteiger partial charge in [0.15, 0.2) is 0 Å². The van der Waals surface area contributed by atoms with Crippen LogP contribution in [0.15, 0.2) is 54.6 Å². The number of methoxy groups -OCH3 is 1. The minimum absolute atomic E-state index is 0.140. The topological polar surface area (TPSA) is 44.8 Å². The molecule has 4 rings (SSSR count). The van der Waals surface area contributed by atoms with Gasteiger partial charge in [0, 0.05) is 37.9 Å². The van der Waals surface area contributed by atoms with Gasteiger partial charge in [0.2, 0.25) is 5.91 Å². The third kappa shape index (κ3) is 4.25. The van der Waals surface area contributed by atoms with Crippen LogP contribution in [-0.4, -0.2) is 50.1 Å². The van der Waals surface area contributed by atoms with E-state index in [9.17, 15) is 4.79 Å². The van der Waals surface area contributed by atoms with Gasteiger partial charge in [-0.25, -0.2) is 0 Å². The van der Waals surface area contributed by atoms with Crippen LogP contribution in [0.25, 0.3) is 0 Å². The number of benzene rings is 2. The lowest BCUT2D eigenvalue weighted by molar-refractivity contribution is -0.127. The van der Waals surface area contributed by atoms with Crippen molar-refractivity contribution in [3.8, 4) is 5.75 Å². The maximum atomic E-state index is 12.9. The highest BCUT2D eigenvalue weighted by Crippen LogP contribution is 2.27. The fourth-order valence-electron chi connectivity index (χ4n) is 3.70. The Balaban J connectivity index is 1.45. The van der Waals surface area contributed by atoms with E-state index in [1.165, 1.54) is 5.69 Å². The smallest absolute Gasteiger partial charge is 0.242 e. The van der Waals surface area contributed by atoms with Gasteiger partial charge >= 0.3 is 0 Å². The first-order chi connectivity index (χ1) is 13.2. The first kappa shape index (κ1) is 17.9. The van der Waals surface area contributed by atoms with Gasteiger partial charge in [-0.15, -0.1) is 0 Å². The summed E-state index contributed by atoms with van der Waals surface area (Å²) in [5.74, 6) is 1.01. The summed E-state index contributed by atoms with van der Waals surface area (Å²) in [7, 11) is 1.68. The fourth-order valence-corrected chi connectivity index (χ4v) is 3.70. The lowest BCUT2D eigenvalue weighted by Gasteiger charge is -2.39. The molecule has 1 saturated heterocycles. The number of carbonyl (C=O) groups is 1. The van der Waals surface area contributed by atoms with Crippen LogP contribution >= 0.6 is 0 Å². The Labute approximate surface area is 160 Å². The van der Waals surface area contributed by atoms with E-state index in [-0.39, 0.29) is 11.9 Å². The fraction of sp³-hybridized carbons (Fsp3) is 0.409. The van der Waals surface area contributed by atoms with Crippen LogP contribution in [0, 0.1) is 0 Å². The average Bonchev–Trinajstić information content (AvgIpc) is 3.54. The van der Waals surface area contributed by atoms with Gasteiger partial charge in [0.25, 0.3) is 0 Å². The average molecular weight is 365 g/mol. The Morgan fingerprint density at radius 1 is 1.00 bits per heavy atom. The van der Waals surface area contributed by atoms with E-state index in [0.717, 1.165) is 50.3 Å². The number of hydrogen-bond acceptors (Lipinski definition) is 4. The molecule has 5 heteroatoms. The van der Waals surface area contributed by atoms with Crippen LogP contribution in [0.2, 0.25) is 0 Å². The monoisotopic (exact) mass is 365 g/mol. The molecular formula is C22H27N3O2. The third-order valence-corrected chi connectivity index (χ3v) is 5.40. The van der Waals surface area contributed by atoms with Crippen molar-refractivity contribution in [3.05, 3.63) is 60.2 Å². The van der Waals surface area contributed by atoms with Crippen molar-refractivity contribution >= 4 is 11.6 Å². The van der Waals surface area contributed by atoms with Crippen LogP contribution in [0.1, 0.15) is 24.4 Å². The summed E-state index contributed by atoms with van der Waals surface area (Å²) in [6, 6.07) is 18.5. The first-order valence-electron chi connectivity index (χ1n) is 9.73. The molecule has 1 N–H and O–H groups in total. The highest BCUT2D eigenvalue weighted by molar-refractivity contribution is 5.83. The Morgan fingerprint density at radius 3 is 2.26 bits per heavy atom. The van der Waals surface area contributed by atoms with Crippen LogP contribution in [-0.2, 0) is 4.79 Å². The van der Waals surface area contributed by atoms with Crippen molar-refractivity contribution in [1.82, 2.24) is 10.2 Å². The number of nitrogens with one attached hydrogen (secondary N) is 1. The van der Waals surface area contributed by atoms with Crippen molar-refractivity contribution < 1.29 is 9.53 Å². The number of carbonyl (C=O) groups excluding carboxylic acids is 1. The second kappa shape index (κ2) is 8.01. The molecule has 1 heterocycles. The highest BCUT2D eigenvalue weighted by atomic mass is 16.5. The molecule has 1 aliphatic heterocycles. The molecule has 1 amide bonds. The highest BCUT2D eigenvalue weighted by Gasteiger charge is 2.33. The van der Waals surface area contributed by atoms with Gasteiger partial charge in [-0.1, -0.05) is 30.3 Å². The number of hydrogen-bond donors (Lipinski definition) is 1. The maximum Gasteiger partial charge on any atom is 0.242 e. The Hall–Kier alpha value is -2.53. The van der Waals surface area contributed by atoms with E-state index < -0.39 is 0 Å². The molecular weight excluding hydrogens is 338 g/mol. The van der Waals surface area contributed by atoms with Crippen molar-refractivity contribution in [2.24, 2.45) is 0 Å². The third-order valence-electron chi connectivity index (χ3n) is 5.40. The van der Waals surface area contributed by atoms with Gasteiger partial charge in [-0.05, 0) is 42.7 Å². The summed E-state index contributed by atoms with van der Waals surface area (Å²) in [5, 5.41) is 3.20. The Kier molecular flexibility index (Phi) is 5.30. The predicted octanol–water partition coefficient (Wildman–Crippen LogP) is 2.84. The van der Waals surface area contributed by atoms with E-state index in [4.69, 9.17) is 4.74 Å². The minimum Gasteiger partial charge on any atom is -0.497 e. The number of amides is 1. The normalized spacial score (nSPS) is 18.8. The van der Waals surface area contributed by atoms with Crippen molar-refractivity contribution in [1.29, 1.82) is 0 Å². The molecule has 2 aromatic rings. The summed E-state index contributed by atoms with van der Waals surface area (Å²) in [6.07, 6.45) is 2.22. The van der Waals surface area contributed by atoms with E-state index in [1.54, 1.807) is 7.11 Å². The molecule has 0 bridgehead atoms.